The second-order valence-electron chi connectivity index (χ2n) is 3.80. The highest BCUT2D eigenvalue weighted by atomic mass is 19.1. The van der Waals surface area contributed by atoms with Crippen LogP contribution < -0.4 is 10.1 Å². The van der Waals surface area contributed by atoms with E-state index >= 15 is 0 Å². The van der Waals surface area contributed by atoms with Gasteiger partial charge in [-0.05, 0) is 36.9 Å². The van der Waals surface area contributed by atoms with E-state index in [4.69, 9.17) is 4.74 Å². The first-order chi connectivity index (χ1) is 8.79. The summed E-state index contributed by atoms with van der Waals surface area (Å²) < 4.78 is 18.4. The summed E-state index contributed by atoms with van der Waals surface area (Å²) >= 11 is 0. The summed E-state index contributed by atoms with van der Waals surface area (Å²) in [5, 5.41) is 3.22. The predicted octanol–water partition coefficient (Wildman–Crippen LogP) is 3.12. The van der Waals surface area contributed by atoms with Crippen molar-refractivity contribution in [3.8, 4) is 11.6 Å². The van der Waals surface area contributed by atoms with Crippen LogP contribution in [0.15, 0.2) is 42.6 Å². The maximum absolute atomic E-state index is 12.8. The van der Waals surface area contributed by atoms with Crippen LogP contribution in [0.25, 0.3) is 0 Å². The van der Waals surface area contributed by atoms with E-state index in [9.17, 15) is 4.39 Å². The molecule has 0 bridgehead atoms. The molecule has 4 heteroatoms. The first-order valence-electron chi connectivity index (χ1n) is 5.87. The molecule has 94 valence electrons. The maximum Gasteiger partial charge on any atom is 0.223 e. The summed E-state index contributed by atoms with van der Waals surface area (Å²) in [4.78, 5) is 4.19. The Bertz CT molecular complexity index is 499. The van der Waals surface area contributed by atoms with E-state index in [2.05, 4.69) is 10.3 Å². The SMILES string of the molecule is CCNCc1cccnc1Oc1ccc(F)cc1. The summed E-state index contributed by atoms with van der Waals surface area (Å²) in [7, 11) is 0. The Morgan fingerprint density at radius 1 is 1.22 bits per heavy atom. The molecular formula is C14H15FN2O. The molecule has 0 aliphatic rings. The van der Waals surface area contributed by atoms with Gasteiger partial charge in [-0.2, -0.15) is 0 Å². The highest BCUT2D eigenvalue weighted by Crippen LogP contribution is 2.22. The third-order valence-electron chi connectivity index (χ3n) is 2.44. The van der Waals surface area contributed by atoms with E-state index in [1.165, 1.54) is 12.1 Å². The minimum absolute atomic E-state index is 0.281. The standard InChI is InChI=1S/C14H15FN2O/c1-2-16-10-11-4-3-9-17-14(11)18-13-7-5-12(15)6-8-13/h3-9,16H,2,10H2,1H3. The van der Waals surface area contributed by atoms with Gasteiger partial charge in [0.25, 0.3) is 0 Å². The van der Waals surface area contributed by atoms with E-state index in [0.29, 0.717) is 18.2 Å². The second kappa shape index (κ2) is 6.12. The molecule has 1 aromatic carbocycles. The van der Waals surface area contributed by atoms with Crippen LogP contribution in [0.3, 0.4) is 0 Å². The smallest absolute Gasteiger partial charge is 0.223 e. The lowest BCUT2D eigenvalue weighted by Crippen LogP contribution is -2.12. The molecule has 0 aliphatic heterocycles. The Balaban J connectivity index is 2.15. The van der Waals surface area contributed by atoms with Gasteiger partial charge < -0.3 is 10.1 Å². The Labute approximate surface area is 106 Å². The van der Waals surface area contributed by atoms with Gasteiger partial charge in [0.1, 0.15) is 11.6 Å². The summed E-state index contributed by atoms with van der Waals surface area (Å²) in [6.45, 7) is 3.61. The summed E-state index contributed by atoms with van der Waals surface area (Å²) in [5.74, 6) is 0.842. The quantitative estimate of drug-likeness (QED) is 0.880. The van der Waals surface area contributed by atoms with E-state index in [0.717, 1.165) is 12.1 Å². The second-order valence-corrected chi connectivity index (χ2v) is 3.80. The Morgan fingerprint density at radius 2 is 2.00 bits per heavy atom. The molecule has 3 nitrogen and oxygen atoms in total. The normalized spacial score (nSPS) is 10.3. The average molecular weight is 246 g/mol. The van der Waals surface area contributed by atoms with Crippen molar-refractivity contribution in [2.75, 3.05) is 6.54 Å². The number of halogens is 1. The highest BCUT2D eigenvalue weighted by Gasteiger charge is 2.05. The molecular weight excluding hydrogens is 231 g/mol. The van der Waals surface area contributed by atoms with Gasteiger partial charge in [0.15, 0.2) is 0 Å². The molecule has 0 spiro atoms. The first-order valence-corrected chi connectivity index (χ1v) is 5.87. The van der Waals surface area contributed by atoms with Crippen LogP contribution >= 0.6 is 0 Å². The topological polar surface area (TPSA) is 34.2 Å². The molecule has 0 fully saturated rings. The fourth-order valence-corrected chi connectivity index (χ4v) is 1.52. The van der Waals surface area contributed by atoms with Gasteiger partial charge in [0, 0.05) is 18.3 Å². The number of hydrogen-bond acceptors (Lipinski definition) is 3. The minimum Gasteiger partial charge on any atom is -0.439 e. The van der Waals surface area contributed by atoms with Gasteiger partial charge in [0.2, 0.25) is 5.88 Å². The molecule has 2 aromatic rings. The average Bonchev–Trinajstić information content (AvgIpc) is 2.40. The molecule has 0 atom stereocenters. The van der Waals surface area contributed by atoms with Gasteiger partial charge in [-0.25, -0.2) is 9.37 Å². The molecule has 2 rings (SSSR count). The molecule has 0 saturated carbocycles. The Hall–Kier alpha value is -1.94. The van der Waals surface area contributed by atoms with Crippen molar-refractivity contribution >= 4 is 0 Å². The van der Waals surface area contributed by atoms with Crippen molar-refractivity contribution in [2.45, 2.75) is 13.5 Å². The number of nitrogens with zero attached hydrogens (tertiary/aromatic N) is 1. The van der Waals surface area contributed by atoms with E-state index in [1.54, 1.807) is 18.3 Å². The van der Waals surface area contributed by atoms with Crippen molar-refractivity contribution in [2.24, 2.45) is 0 Å². The van der Waals surface area contributed by atoms with E-state index in [1.807, 2.05) is 19.1 Å². The number of benzene rings is 1. The van der Waals surface area contributed by atoms with Crippen molar-refractivity contribution in [1.82, 2.24) is 10.3 Å². The van der Waals surface area contributed by atoms with Crippen molar-refractivity contribution in [1.29, 1.82) is 0 Å². The van der Waals surface area contributed by atoms with Crippen LogP contribution in [0.1, 0.15) is 12.5 Å². The first kappa shape index (κ1) is 12.5. The number of aromatic nitrogens is 1. The van der Waals surface area contributed by atoms with Crippen LogP contribution in [0, 0.1) is 5.82 Å². The van der Waals surface area contributed by atoms with Gasteiger partial charge in [0.05, 0.1) is 0 Å². The molecule has 1 N–H and O–H groups in total. The lowest BCUT2D eigenvalue weighted by atomic mass is 10.2. The highest BCUT2D eigenvalue weighted by molar-refractivity contribution is 5.32. The lowest BCUT2D eigenvalue weighted by molar-refractivity contribution is 0.452. The Morgan fingerprint density at radius 3 is 2.72 bits per heavy atom. The number of hydrogen-bond donors (Lipinski definition) is 1. The molecule has 0 amide bonds. The van der Waals surface area contributed by atoms with Crippen LogP contribution in [0.2, 0.25) is 0 Å². The fourth-order valence-electron chi connectivity index (χ4n) is 1.52. The van der Waals surface area contributed by atoms with Crippen LogP contribution in [0.5, 0.6) is 11.6 Å². The van der Waals surface area contributed by atoms with Crippen molar-refractivity contribution < 1.29 is 9.13 Å². The van der Waals surface area contributed by atoms with Crippen molar-refractivity contribution in [3.63, 3.8) is 0 Å². The molecule has 18 heavy (non-hydrogen) atoms. The number of nitrogens with one attached hydrogen (secondary N) is 1. The minimum atomic E-state index is -0.281. The number of rotatable bonds is 5. The molecule has 0 saturated heterocycles. The predicted molar refractivity (Wildman–Crippen MR) is 68.1 cm³/mol. The molecule has 0 aliphatic carbocycles. The summed E-state index contributed by atoms with van der Waals surface area (Å²) in [5.41, 5.74) is 0.976. The van der Waals surface area contributed by atoms with Gasteiger partial charge >= 0.3 is 0 Å². The summed E-state index contributed by atoms with van der Waals surface area (Å²) in [6, 6.07) is 9.71. The zero-order chi connectivity index (χ0) is 12.8. The Kier molecular flexibility index (Phi) is 4.25. The molecule has 1 aromatic heterocycles. The molecule has 1 heterocycles. The third-order valence-corrected chi connectivity index (χ3v) is 2.44. The maximum atomic E-state index is 12.8. The fraction of sp³-hybridized carbons (Fsp3) is 0.214. The van der Waals surface area contributed by atoms with Gasteiger partial charge in [-0.3, -0.25) is 0 Å². The van der Waals surface area contributed by atoms with Gasteiger partial charge in [-0.1, -0.05) is 13.0 Å². The molecule has 0 unspecified atom stereocenters. The monoisotopic (exact) mass is 246 g/mol. The zero-order valence-corrected chi connectivity index (χ0v) is 10.2. The number of pyridine rings is 1. The lowest BCUT2D eigenvalue weighted by Gasteiger charge is -2.09. The summed E-state index contributed by atoms with van der Waals surface area (Å²) in [6.07, 6.45) is 1.67. The molecule has 0 radical (unpaired) electrons. The number of ether oxygens (including phenoxy) is 1. The zero-order valence-electron chi connectivity index (χ0n) is 10.2. The van der Waals surface area contributed by atoms with Crippen molar-refractivity contribution in [3.05, 3.63) is 54.0 Å². The van der Waals surface area contributed by atoms with Crippen LogP contribution in [-0.4, -0.2) is 11.5 Å². The van der Waals surface area contributed by atoms with Crippen LogP contribution in [-0.2, 0) is 6.54 Å². The van der Waals surface area contributed by atoms with E-state index in [-0.39, 0.29) is 5.82 Å². The third kappa shape index (κ3) is 3.28. The van der Waals surface area contributed by atoms with Gasteiger partial charge in [-0.15, -0.1) is 0 Å². The van der Waals surface area contributed by atoms with E-state index < -0.39 is 0 Å². The van der Waals surface area contributed by atoms with Crippen LogP contribution in [0.4, 0.5) is 4.39 Å². The largest absolute Gasteiger partial charge is 0.439 e.